The van der Waals surface area contributed by atoms with E-state index >= 15 is 0 Å². The predicted molar refractivity (Wildman–Crippen MR) is 5.75 cm³/mol. The standard InChI is InChI=1S/Au.Ni.Pd.Sn. The topological polar surface area (TPSA) is 0 Å². The molecule has 0 aliphatic heterocycles. The van der Waals surface area contributed by atoms with Crippen molar-refractivity contribution in [1.82, 2.24) is 0 Å². The van der Waals surface area contributed by atoms with Gasteiger partial charge in [0.15, 0.2) is 0 Å². The van der Waals surface area contributed by atoms with Crippen LogP contribution in [0.25, 0.3) is 0 Å². The van der Waals surface area contributed by atoms with E-state index in [1.54, 1.807) is 0 Å². The third-order valence-corrected chi connectivity index (χ3v) is 0. The molecule has 0 aromatic heterocycles. The second-order valence-corrected chi connectivity index (χ2v) is 0. The summed E-state index contributed by atoms with van der Waals surface area (Å²) in [4.78, 5) is 0. The second kappa shape index (κ2) is 17.3. The molecule has 5 radical (unpaired) electrons. The van der Waals surface area contributed by atoms with Crippen molar-refractivity contribution in [3.8, 4) is 0 Å². The van der Waals surface area contributed by atoms with Crippen LogP contribution in [0.15, 0.2) is 0 Å². The Kier molecular flexibility index (Phi) is 129. The van der Waals surface area contributed by atoms with Gasteiger partial charge in [0.05, 0.1) is 0 Å². The average Bonchev–Trinajstić information content (AvgIpc) is 0. The molecule has 0 atom stereocenters. The summed E-state index contributed by atoms with van der Waals surface area (Å²) in [5.41, 5.74) is 0. The van der Waals surface area contributed by atoms with Crippen LogP contribution in [0.2, 0.25) is 0 Å². The summed E-state index contributed by atoms with van der Waals surface area (Å²) in [6.45, 7) is 0. The van der Waals surface area contributed by atoms with Crippen LogP contribution in [0.4, 0.5) is 0 Å². The maximum absolute atomic E-state index is 0. The summed E-state index contributed by atoms with van der Waals surface area (Å²) in [6.07, 6.45) is 0. The summed E-state index contributed by atoms with van der Waals surface area (Å²) in [5, 5.41) is 0. The Morgan fingerprint density at radius 1 is 1.00 bits per heavy atom. The van der Waals surface area contributed by atoms with Gasteiger partial charge in [0, 0.05) is 83.2 Å². The summed E-state index contributed by atoms with van der Waals surface area (Å²) in [7, 11) is 0. The van der Waals surface area contributed by atoms with Crippen LogP contribution >= 0.6 is 0 Å². The molecule has 0 N–H and O–H groups in total. The van der Waals surface area contributed by atoms with E-state index in [0.717, 1.165) is 0 Å². The largest absolute Gasteiger partial charge is 0 e. The zero-order chi connectivity index (χ0) is 0. The van der Waals surface area contributed by atoms with Crippen molar-refractivity contribution in [3.63, 3.8) is 0 Å². The Hall–Kier alpha value is 2.69. The fourth-order valence-corrected chi connectivity index (χ4v) is 0. The third kappa shape index (κ3) is 8.83. The SMILES string of the molecule is [Au].[Ni].[Pd].[Sn]. The molecular formula is AuNiPdSn. The van der Waals surface area contributed by atoms with Crippen molar-refractivity contribution in [2.24, 2.45) is 0 Å². The van der Waals surface area contributed by atoms with Crippen LogP contribution in [-0.4, -0.2) is 23.9 Å². The van der Waals surface area contributed by atoms with Crippen LogP contribution in [0.5, 0.6) is 0 Å². The fourth-order valence-electron chi connectivity index (χ4n) is 0. The maximum atomic E-state index is 0. The van der Waals surface area contributed by atoms with Gasteiger partial charge < -0.3 is 0 Å². The van der Waals surface area contributed by atoms with Crippen LogP contribution in [0.1, 0.15) is 0 Å². The van der Waals surface area contributed by atoms with E-state index in [9.17, 15) is 0 Å². The van der Waals surface area contributed by atoms with Gasteiger partial charge in [0.2, 0.25) is 0 Å². The molecule has 0 bridgehead atoms. The van der Waals surface area contributed by atoms with Gasteiger partial charge in [-0.3, -0.25) is 0 Å². The Bertz CT molecular complexity index is 8.00. The number of hydrogen-bond donors (Lipinski definition) is 0. The molecule has 4 heteroatoms. The minimum Gasteiger partial charge on any atom is 0 e. The normalized spacial score (nSPS) is 0. The summed E-state index contributed by atoms with van der Waals surface area (Å²) >= 11 is 0. The smallest absolute Gasteiger partial charge is 0 e. The molecular weight excluding hydrogens is 481 g/mol. The van der Waals surface area contributed by atoms with Crippen LogP contribution < -0.4 is 0 Å². The number of hydrogen-bond acceptors (Lipinski definition) is 0. The van der Waals surface area contributed by atoms with Gasteiger partial charge in [-0.15, -0.1) is 0 Å². The molecule has 0 rings (SSSR count). The Morgan fingerprint density at radius 2 is 1.00 bits per heavy atom. The zero-order valence-electron chi connectivity index (χ0n) is 1.43. The van der Waals surface area contributed by atoms with Crippen LogP contribution in [0.3, 0.4) is 0 Å². The van der Waals surface area contributed by atoms with Crippen molar-refractivity contribution in [1.29, 1.82) is 0 Å². The van der Waals surface area contributed by atoms with Gasteiger partial charge in [-0.05, 0) is 0 Å². The van der Waals surface area contributed by atoms with E-state index in [4.69, 9.17) is 0 Å². The molecule has 0 aromatic rings. The molecule has 35 valence electrons. The average molecular weight is 481 g/mol. The third-order valence-electron chi connectivity index (χ3n) is 0. The Balaban J connectivity index is 0. The molecule has 0 heterocycles. The van der Waals surface area contributed by atoms with Gasteiger partial charge in [-0.25, -0.2) is 0 Å². The first kappa shape index (κ1) is 29.9. The van der Waals surface area contributed by atoms with Gasteiger partial charge >= 0.3 is 0 Å². The molecule has 4 heavy (non-hydrogen) atoms. The van der Waals surface area contributed by atoms with E-state index in [1.165, 1.54) is 0 Å². The molecule has 0 spiro atoms. The van der Waals surface area contributed by atoms with Crippen molar-refractivity contribution >= 4 is 23.9 Å². The first-order valence-electron chi connectivity index (χ1n) is 0. The van der Waals surface area contributed by atoms with Crippen LogP contribution in [-0.2, 0) is 59.3 Å². The van der Waals surface area contributed by atoms with Gasteiger partial charge in [0.25, 0.3) is 0 Å². The monoisotopic (exact) mass is 481 g/mol. The van der Waals surface area contributed by atoms with Crippen molar-refractivity contribution in [2.75, 3.05) is 0 Å². The molecule has 0 amide bonds. The van der Waals surface area contributed by atoms with Crippen LogP contribution in [0, 0.1) is 0 Å². The van der Waals surface area contributed by atoms with Crippen molar-refractivity contribution in [2.45, 2.75) is 0 Å². The minimum absolute atomic E-state index is 0. The van der Waals surface area contributed by atoms with E-state index in [0.29, 0.717) is 0 Å². The van der Waals surface area contributed by atoms with Crippen molar-refractivity contribution in [3.05, 3.63) is 0 Å². The molecule has 0 aliphatic rings. The molecule has 0 nitrogen and oxygen atoms in total. The van der Waals surface area contributed by atoms with Gasteiger partial charge in [-0.2, -0.15) is 0 Å². The summed E-state index contributed by atoms with van der Waals surface area (Å²) in [5.74, 6) is 0. The molecule has 0 aliphatic carbocycles. The Morgan fingerprint density at radius 3 is 1.00 bits per heavy atom. The zero-order valence-corrected chi connectivity index (χ0v) is 9.00. The first-order valence-corrected chi connectivity index (χ1v) is 0. The van der Waals surface area contributed by atoms with E-state index < -0.39 is 0 Å². The molecule has 0 fully saturated rings. The molecule has 0 aromatic carbocycles. The summed E-state index contributed by atoms with van der Waals surface area (Å²) < 4.78 is 0. The number of rotatable bonds is 0. The summed E-state index contributed by atoms with van der Waals surface area (Å²) in [6, 6.07) is 0. The maximum Gasteiger partial charge on any atom is 0 e. The van der Waals surface area contributed by atoms with E-state index in [2.05, 4.69) is 0 Å². The molecule has 0 saturated carbocycles. The minimum atomic E-state index is 0. The predicted octanol–water partition coefficient (Wildman–Crippen LogP) is -0.388. The molecule has 0 saturated heterocycles. The van der Waals surface area contributed by atoms with E-state index in [-0.39, 0.29) is 83.2 Å². The molecule has 0 unspecified atom stereocenters. The first-order chi connectivity index (χ1) is 0. The van der Waals surface area contributed by atoms with Gasteiger partial charge in [-0.1, -0.05) is 0 Å². The fraction of sp³-hybridized carbons (Fsp3) is 0. The Labute approximate surface area is 81.9 Å². The van der Waals surface area contributed by atoms with E-state index in [1.807, 2.05) is 0 Å². The van der Waals surface area contributed by atoms with Gasteiger partial charge in [0.1, 0.15) is 0 Å². The van der Waals surface area contributed by atoms with Crippen molar-refractivity contribution < 1.29 is 59.3 Å². The quantitative estimate of drug-likeness (QED) is 0.415. The second-order valence-electron chi connectivity index (χ2n) is 0.